The maximum atomic E-state index is 13.0. The Morgan fingerprint density at radius 1 is 0.253 bits per heavy atom. The molecule has 476 valence electrons. The predicted molar refractivity (Wildman–Crippen MR) is 362 cm³/mol. The zero-order valence-corrected chi connectivity index (χ0v) is 54.7. The first-order chi connectivity index (χ1) is 41.0. The molecular formula is C77H132O6. The monoisotopic (exact) mass is 1150 g/mol. The zero-order valence-electron chi connectivity index (χ0n) is 54.7. The van der Waals surface area contributed by atoms with Crippen molar-refractivity contribution in [3.8, 4) is 0 Å². The predicted octanol–water partition coefficient (Wildman–Crippen LogP) is 24.6. The van der Waals surface area contributed by atoms with E-state index >= 15 is 0 Å². The fourth-order valence-electron chi connectivity index (χ4n) is 10.0. The Labute approximate surface area is 514 Å². The summed E-state index contributed by atoms with van der Waals surface area (Å²) in [7, 11) is 0. The van der Waals surface area contributed by atoms with Crippen LogP contribution < -0.4 is 0 Å². The van der Waals surface area contributed by atoms with E-state index in [4.69, 9.17) is 14.2 Å². The fraction of sp³-hybridized carbons (Fsp3) is 0.727. The Hall–Kier alpha value is -3.93. The van der Waals surface area contributed by atoms with Gasteiger partial charge in [0.1, 0.15) is 13.2 Å². The summed E-state index contributed by atoms with van der Waals surface area (Å²) in [6.07, 6.45) is 97.1. The van der Waals surface area contributed by atoms with E-state index in [1.54, 1.807) is 0 Å². The van der Waals surface area contributed by atoms with E-state index in [0.717, 1.165) is 89.9 Å². The van der Waals surface area contributed by atoms with Crippen LogP contribution in [0.3, 0.4) is 0 Å². The number of hydrogen-bond acceptors (Lipinski definition) is 6. The normalized spacial score (nSPS) is 12.8. The molecule has 0 saturated carbocycles. The van der Waals surface area contributed by atoms with Crippen LogP contribution in [0, 0.1) is 0 Å². The van der Waals surface area contributed by atoms with Crippen molar-refractivity contribution in [3.63, 3.8) is 0 Å². The fourth-order valence-corrected chi connectivity index (χ4v) is 10.0. The Kier molecular flexibility index (Phi) is 67.2. The van der Waals surface area contributed by atoms with Crippen molar-refractivity contribution in [2.75, 3.05) is 13.2 Å². The van der Waals surface area contributed by atoms with Crippen LogP contribution in [0.4, 0.5) is 0 Å². The highest BCUT2D eigenvalue weighted by atomic mass is 16.6. The topological polar surface area (TPSA) is 78.9 Å². The van der Waals surface area contributed by atoms with Crippen molar-refractivity contribution in [1.82, 2.24) is 0 Å². The van der Waals surface area contributed by atoms with Crippen molar-refractivity contribution < 1.29 is 28.6 Å². The van der Waals surface area contributed by atoms with E-state index in [2.05, 4.69) is 124 Å². The first-order valence-electron chi connectivity index (χ1n) is 35.4. The molecular weight excluding hydrogens is 1020 g/mol. The number of esters is 3. The Balaban J connectivity index is 4.29. The molecule has 83 heavy (non-hydrogen) atoms. The highest BCUT2D eigenvalue weighted by Crippen LogP contribution is 2.17. The average Bonchev–Trinajstić information content (AvgIpc) is 3.49. The van der Waals surface area contributed by atoms with Crippen LogP contribution >= 0.6 is 0 Å². The molecule has 1 atom stereocenters. The highest BCUT2D eigenvalue weighted by molar-refractivity contribution is 5.71. The summed E-state index contributed by atoms with van der Waals surface area (Å²) in [5, 5.41) is 0. The van der Waals surface area contributed by atoms with Gasteiger partial charge in [-0.15, -0.1) is 0 Å². The molecule has 0 aliphatic heterocycles. The van der Waals surface area contributed by atoms with Gasteiger partial charge in [0.15, 0.2) is 6.10 Å². The third-order valence-electron chi connectivity index (χ3n) is 15.3. The molecule has 6 nitrogen and oxygen atoms in total. The lowest BCUT2D eigenvalue weighted by molar-refractivity contribution is -0.166. The summed E-state index contributed by atoms with van der Waals surface area (Å²) in [5.74, 6) is -0.974. The molecule has 0 rings (SSSR count). The van der Waals surface area contributed by atoms with Gasteiger partial charge >= 0.3 is 17.9 Å². The first kappa shape index (κ1) is 79.1. The van der Waals surface area contributed by atoms with Crippen LogP contribution in [0.2, 0.25) is 0 Å². The molecule has 0 saturated heterocycles. The lowest BCUT2D eigenvalue weighted by Gasteiger charge is -2.18. The SMILES string of the molecule is CC/C=C\C/C=C\C/C=C\C/C=C\CCCCCCCCCCCCCCC(=O)OC(COC(=O)CC/C=C\C/C=C\C/C=C\C/C=C\CC)COC(=O)CCCCCCCCCCCCCCCCC/C=C\CCCCCCCCCC. The molecule has 0 fully saturated rings. The average molecular weight is 1150 g/mol. The molecule has 0 bridgehead atoms. The van der Waals surface area contributed by atoms with Crippen LogP contribution in [0.1, 0.15) is 342 Å². The molecule has 0 aromatic rings. The minimum Gasteiger partial charge on any atom is -0.462 e. The molecule has 0 aliphatic rings. The quantitative estimate of drug-likeness (QED) is 0.0261. The van der Waals surface area contributed by atoms with Gasteiger partial charge in [-0.1, -0.05) is 323 Å². The van der Waals surface area contributed by atoms with Crippen molar-refractivity contribution in [3.05, 3.63) is 109 Å². The number of carbonyl (C=O) groups is 3. The van der Waals surface area contributed by atoms with Gasteiger partial charge in [0.2, 0.25) is 0 Å². The standard InChI is InChI=1S/C77H132O6/c1-4-7-10-13-16-19-22-25-27-29-31-33-35-37-38-40-41-43-45-47-49-52-55-58-61-64-67-70-76(79)82-73-74(72-81-75(78)69-66-63-60-57-54-51-24-21-18-15-12-9-6-3)83-77(80)71-68-65-62-59-56-53-50-48-46-44-42-39-36-34-32-30-28-26-23-20-17-14-11-8-5-2/h8-9,11-12,17-18,20-21,26,28-29,31-32,34,51,54,60,63,74H,4-7,10,13-16,19,22-25,27,30,33,35-50,52-53,55-59,61-62,64-73H2,1-3H3/b11-8-,12-9-,20-17-,21-18-,28-26-,31-29-,34-32-,54-51-,63-60-. The van der Waals surface area contributed by atoms with Crippen molar-refractivity contribution in [1.29, 1.82) is 0 Å². The zero-order chi connectivity index (χ0) is 59.9. The molecule has 6 heteroatoms. The van der Waals surface area contributed by atoms with Gasteiger partial charge in [0.05, 0.1) is 0 Å². The highest BCUT2D eigenvalue weighted by Gasteiger charge is 2.19. The lowest BCUT2D eigenvalue weighted by atomic mass is 10.0. The van der Waals surface area contributed by atoms with Gasteiger partial charge < -0.3 is 14.2 Å². The second-order valence-corrected chi connectivity index (χ2v) is 23.4. The third-order valence-corrected chi connectivity index (χ3v) is 15.3. The van der Waals surface area contributed by atoms with Crippen LogP contribution in [0.25, 0.3) is 0 Å². The van der Waals surface area contributed by atoms with E-state index in [9.17, 15) is 14.4 Å². The molecule has 0 radical (unpaired) electrons. The van der Waals surface area contributed by atoms with E-state index in [1.807, 2.05) is 6.08 Å². The molecule has 0 spiro atoms. The number of allylic oxidation sites excluding steroid dienone is 18. The Morgan fingerprint density at radius 3 is 0.819 bits per heavy atom. The van der Waals surface area contributed by atoms with E-state index in [0.29, 0.717) is 19.3 Å². The second-order valence-electron chi connectivity index (χ2n) is 23.4. The first-order valence-corrected chi connectivity index (χ1v) is 35.4. The number of hydrogen-bond donors (Lipinski definition) is 0. The minimum atomic E-state index is -0.810. The van der Waals surface area contributed by atoms with Crippen LogP contribution in [0.5, 0.6) is 0 Å². The van der Waals surface area contributed by atoms with E-state index < -0.39 is 6.10 Å². The Morgan fingerprint density at radius 2 is 0.494 bits per heavy atom. The maximum absolute atomic E-state index is 13.0. The molecule has 0 N–H and O–H groups in total. The van der Waals surface area contributed by atoms with Gasteiger partial charge in [0.25, 0.3) is 0 Å². The summed E-state index contributed by atoms with van der Waals surface area (Å²) in [5.41, 5.74) is 0. The van der Waals surface area contributed by atoms with Gasteiger partial charge in [-0.05, 0) is 109 Å². The molecule has 0 heterocycles. The molecule has 0 aromatic carbocycles. The number of ether oxygens (including phenoxy) is 3. The van der Waals surface area contributed by atoms with Gasteiger partial charge in [-0.25, -0.2) is 0 Å². The van der Waals surface area contributed by atoms with Crippen molar-refractivity contribution in [2.24, 2.45) is 0 Å². The Bertz CT molecular complexity index is 1660. The van der Waals surface area contributed by atoms with Gasteiger partial charge in [0, 0.05) is 19.3 Å². The summed E-state index contributed by atoms with van der Waals surface area (Å²) < 4.78 is 16.9. The van der Waals surface area contributed by atoms with Crippen molar-refractivity contribution in [2.45, 2.75) is 348 Å². The second kappa shape index (κ2) is 70.6. The van der Waals surface area contributed by atoms with Crippen LogP contribution in [-0.2, 0) is 28.6 Å². The van der Waals surface area contributed by atoms with Gasteiger partial charge in [-0.3, -0.25) is 14.4 Å². The van der Waals surface area contributed by atoms with Crippen molar-refractivity contribution >= 4 is 17.9 Å². The summed E-state index contributed by atoms with van der Waals surface area (Å²) in [6.45, 7) is 6.38. The molecule has 1 unspecified atom stereocenters. The van der Waals surface area contributed by atoms with E-state index in [-0.39, 0.29) is 37.5 Å². The number of carbonyl (C=O) groups excluding carboxylic acids is 3. The number of rotatable bonds is 64. The smallest absolute Gasteiger partial charge is 0.306 e. The molecule has 0 aromatic heterocycles. The largest absolute Gasteiger partial charge is 0.462 e. The van der Waals surface area contributed by atoms with E-state index in [1.165, 1.54) is 205 Å². The van der Waals surface area contributed by atoms with Gasteiger partial charge in [-0.2, -0.15) is 0 Å². The summed E-state index contributed by atoms with van der Waals surface area (Å²) in [6, 6.07) is 0. The minimum absolute atomic E-state index is 0.0991. The lowest BCUT2D eigenvalue weighted by Crippen LogP contribution is -2.30. The maximum Gasteiger partial charge on any atom is 0.306 e. The van der Waals surface area contributed by atoms with Crippen LogP contribution in [0.15, 0.2) is 109 Å². The molecule has 0 aliphatic carbocycles. The number of unbranched alkanes of at least 4 members (excludes halogenated alkanes) is 35. The van der Waals surface area contributed by atoms with Crippen LogP contribution in [-0.4, -0.2) is 37.2 Å². The third kappa shape index (κ3) is 68.7. The summed E-state index contributed by atoms with van der Waals surface area (Å²) in [4.78, 5) is 38.4. The molecule has 0 amide bonds. The summed E-state index contributed by atoms with van der Waals surface area (Å²) >= 11 is 0.